The minimum absolute atomic E-state index is 0.0308. The molecule has 0 fully saturated rings. The molecule has 3 heterocycles. The maximum atomic E-state index is 14.2. The third kappa shape index (κ3) is 19.2. The fraction of sp³-hybridized carbons (Fsp3) is 0.500. The Balaban J connectivity index is 1.47. The molecule has 25 heteroatoms. The molecule has 10 amide bonds. The summed E-state index contributed by atoms with van der Waals surface area (Å²) in [6, 6.07) is -0.713. The number of hydrogen-bond acceptors (Lipinski definition) is 12. The van der Waals surface area contributed by atoms with Crippen LogP contribution in [0.25, 0.3) is 10.9 Å². The molecule has 0 radical (unpaired) electrons. The van der Waals surface area contributed by atoms with Crippen molar-refractivity contribution in [3.05, 3.63) is 72.5 Å². The third-order valence-electron chi connectivity index (χ3n) is 11.5. The van der Waals surface area contributed by atoms with Gasteiger partial charge in [0, 0.05) is 93.0 Å². The molecular weight excluding hydrogens is 947 g/mol. The molecular formula is C48H69N15O10. The van der Waals surface area contributed by atoms with Crippen molar-refractivity contribution < 1.29 is 47.9 Å². The van der Waals surface area contributed by atoms with Gasteiger partial charge in [0.15, 0.2) is 0 Å². The predicted octanol–water partition coefficient (Wildman–Crippen LogP) is -1.70. The summed E-state index contributed by atoms with van der Waals surface area (Å²) in [7, 11) is 0. The summed E-state index contributed by atoms with van der Waals surface area (Å²) in [5, 5.41) is 24.6. The van der Waals surface area contributed by atoms with E-state index in [1.165, 1.54) is 45.8 Å². The van der Waals surface area contributed by atoms with E-state index in [1.54, 1.807) is 26.1 Å². The van der Waals surface area contributed by atoms with Gasteiger partial charge in [-0.1, -0.05) is 45.9 Å². The number of carbonyl (C=O) groups excluding carboxylic acids is 10. The zero-order chi connectivity index (χ0) is 53.8. The molecule has 0 aliphatic carbocycles. The molecule has 396 valence electrons. The first kappa shape index (κ1) is 57.5. The van der Waals surface area contributed by atoms with Crippen LogP contribution in [0.2, 0.25) is 0 Å². The van der Waals surface area contributed by atoms with Crippen molar-refractivity contribution in [3.63, 3.8) is 0 Å². The maximum Gasteiger partial charge on any atom is 0.243 e. The molecule has 4 aromatic rings. The van der Waals surface area contributed by atoms with Crippen molar-refractivity contribution in [1.82, 2.24) is 72.8 Å². The highest BCUT2D eigenvalue weighted by atomic mass is 16.2. The molecule has 7 atom stereocenters. The van der Waals surface area contributed by atoms with Crippen LogP contribution in [0.4, 0.5) is 0 Å². The number of nitrogens with zero attached hydrogens (tertiary/aromatic N) is 2. The number of amides is 10. The number of imidazole rings is 2. The molecule has 1 unspecified atom stereocenters. The molecule has 0 saturated heterocycles. The number of aromatic nitrogens is 5. The van der Waals surface area contributed by atoms with E-state index in [1.807, 2.05) is 32.0 Å². The van der Waals surface area contributed by atoms with Crippen molar-refractivity contribution in [2.45, 2.75) is 129 Å². The van der Waals surface area contributed by atoms with E-state index in [0.29, 0.717) is 23.4 Å². The number of fused-ring (bicyclic) bond motifs is 1. The van der Waals surface area contributed by atoms with Crippen molar-refractivity contribution in [2.75, 3.05) is 13.1 Å². The Morgan fingerprint density at radius 3 is 1.74 bits per heavy atom. The Morgan fingerprint density at radius 1 is 0.603 bits per heavy atom. The molecule has 4 rings (SSSR count). The van der Waals surface area contributed by atoms with Crippen LogP contribution >= 0.6 is 0 Å². The summed E-state index contributed by atoms with van der Waals surface area (Å²) < 4.78 is 0. The highest BCUT2D eigenvalue weighted by Gasteiger charge is 2.34. The second-order valence-electron chi connectivity index (χ2n) is 18.6. The zero-order valence-corrected chi connectivity index (χ0v) is 42.1. The van der Waals surface area contributed by atoms with Crippen LogP contribution in [0, 0.1) is 11.8 Å². The van der Waals surface area contributed by atoms with Crippen LogP contribution < -0.4 is 53.6 Å². The van der Waals surface area contributed by atoms with Gasteiger partial charge in [-0.15, -0.1) is 0 Å². The van der Waals surface area contributed by atoms with E-state index in [4.69, 9.17) is 5.73 Å². The first-order valence-corrected chi connectivity index (χ1v) is 24.0. The van der Waals surface area contributed by atoms with Crippen LogP contribution in [0.15, 0.2) is 55.5 Å². The first-order valence-electron chi connectivity index (χ1n) is 24.0. The van der Waals surface area contributed by atoms with E-state index in [2.05, 4.69) is 72.8 Å². The largest absolute Gasteiger partial charge is 0.370 e. The van der Waals surface area contributed by atoms with E-state index < -0.39 is 108 Å². The Labute approximate surface area is 422 Å². The van der Waals surface area contributed by atoms with Crippen molar-refractivity contribution in [3.8, 4) is 0 Å². The van der Waals surface area contributed by atoms with Crippen LogP contribution in [0.3, 0.4) is 0 Å². The number of nitrogens with two attached hydrogens (primary N) is 1. The molecule has 73 heavy (non-hydrogen) atoms. The van der Waals surface area contributed by atoms with Crippen LogP contribution in [-0.2, 0) is 67.2 Å². The summed E-state index contributed by atoms with van der Waals surface area (Å²) in [4.78, 5) is 148. The lowest BCUT2D eigenvalue weighted by Gasteiger charge is -2.27. The lowest BCUT2D eigenvalue weighted by atomic mass is 10.0. The summed E-state index contributed by atoms with van der Waals surface area (Å²) in [6.45, 7) is 10.8. The summed E-state index contributed by atoms with van der Waals surface area (Å²) in [6.07, 6.45) is 7.35. The summed E-state index contributed by atoms with van der Waals surface area (Å²) in [5.41, 5.74) is 7.67. The molecule has 14 N–H and O–H groups in total. The van der Waals surface area contributed by atoms with E-state index in [0.717, 1.165) is 10.9 Å². The van der Waals surface area contributed by atoms with Crippen molar-refractivity contribution >= 4 is 70.0 Å². The number of para-hydroxylation sites is 1. The van der Waals surface area contributed by atoms with Gasteiger partial charge in [0.25, 0.3) is 0 Å². The standard InChI is InChI=1S/C48H69N15O10/c1-25(2)14-33(21-52-28(6)64)59-46(71)38(16-31-19-50-23-55-31)60-41(67)22-54-48(73)42(26(3)4)63-43(68)27(5)57-45(70)37(15-30-18-53-35-11-9-8-10-34(30)35)61-47(72)39(17-32-20-51-24-56-32)62-44(69)36(58-29(7)65)12-13-40(49)66/h8-11,18-20,23-27,33,36-39,42,53H,12-17,21-22H2,1-7H3,(H2,49,66)(H,50,55)(H,51,56)(H,52,64)(H,54,73)(H,57,70)(H,58,65)(H,59,71)(H,60,67)(H,61,72)(H,62,69)(H,63,68)/t27-,33?,36-,37-,38-,39-,42-/m0/s1. The number of nitrogens with one attached hydrogen (secondary N) is 12. The first-order chi connectivity index (χ1) is 34.6. The number of H-pyrrole nitrogens is 3. The molecule has 0 spiro atoms. The Bertz CT molecular complexity index is 2520. The quantitative estimate of drug-likeness (QED) is 0.0290. The number of aromatic amines is 3. The van der Waals surface area contributed by atoms with Gasteiger partial charge in [-0.3, -0.25) is 47.9 Å². The van der Waals surface area contributed by atoms with Gasteiger partial charge in [-0.25, -0.2) is 9.97 Å². The average Bonchev–Trinajstić information content (AvgIpc) is 4.13. The number of carbonyl (C=O) groups is 10. The van der Waals surface area contributed by atoms with Crippen LogP contribution in [0.5, 0.6) is 0 Å². The smallest absolute Gasteiger partial charge is 0.243 e. The van der Waals surface area contributed by atoms with E-state index in [9.17, 15) is 47.9 Å². The Hall–Kier alpha value is -8.12. The van der Waals surface area contributed by atoms with E-state index >= 15 is 0 Å². The van der Waals surface area contributed by atoms with Gasteiger partial charge in [-0.2, -0.15) is 0 Å². The Morgan fingerprint density at radius 2 is 1.18 bits per heavy atom. The van der Waals surface area contributed by atoms with Crippen molar-refractivity contribution in [2.24, 2.45) is 17.6 Å². The van der Waals surface area contributed by atoms with Gasteiger partial charge < -0.3 is 68.5 Å². The van der Waals surface area contributed by atoms with E-state index in [-0.39, 0.29) is 50.5 Å². The fourth-order valence-corrected chi connectivity index (χ4v) is 7.77. The van der Waals surface area contributed by atoms with Gasteiger partial charge in [0.1, 0.15) is 36.3 Å². The van der Waals surface area contributed by atoms with Gasteiger partial charge >= 0.3 is 0 Å². The predicted molar refractivity (Wildman–Crippen MR) is 266 cm³/mol. The maximum absolute atomic E-state index is 14.2. The lowest BCUT2D eigenvalue weighted by Crippen LogP contribution is -2.60. The minimum atomic E-state index is -1.36. The monoisotopic (exact) mass is 1020 g/mol. The molecule has 3 aromatic heterocycles. The molecule has 25 nitrogen and oxygen atoms in total. The number of benzene rings is 1. The highest BCUT2D eigenvalue weighted by Crippen LogP contribution is 2.20. The SMILES string of the molecule is CC(=O)NCC(CC(C)C)NC(=O)[C@H](Cc1cnc[nH]1)NC(=O)CNC(=O)[C@@H](NC(=O)[C@H](C)NC(=O)[C@H](Cc1c[nH]c2ccccc12)NC(=O)[C@H](Cc1cnc[nH]1)NC(=O)[C@H](CCC(N)=O)NC(C)=O)C(C)C. The third-order valence-corrected chi connectivity index (χ3v) is 11.5. The highest BCUT2D eigenvalue weighted by molar-refractivity contribution is 5.98. The second kappa shape index (κ2) is 28.1. The minimum Gasteiger partial charge on any atom is -0.370 e. The molecule has 0 aliphatic heterocycles. The lowest BCUT2D eigenvalue weighted by molar-refractivity contribution is -0.135. The second-order valence-corrected chi connectivity index (χ2v) is 18.6. The Kier molecular flexibility index (Phi) is 22.1. The fourth-order valence-electron chi connectivity index (χ4n) is 7.77. The normalized spacial score (nSPS) is 14.0. The van der Waals surface area contributed by atoms with Crippen LogP contribution in [0.1, 0.15) is 84.7 Å². The number of rotatable bonds is 29. The summed E-state index contributed by atoms with van der Waals surface area (Å²) in [5.74, 6) is -7.06. The molecule has 1 aromatic carbocycles. The number of hydrogen-bond donors (Lipinski definition) is 13. The molecule has 0 bridgehead atoms. The van der Waals surface area contributed by atoms with Gasteiger partial charge in [-0.05, 0) is 43.2 Å². The number of primary amides is 1. The molecule has 0 saturated carbocycles. The molecule has 0 aliphatic rings. The van der Waals surface area contributed by atoms with Crippen LogP contribution in [-0.4, -0.2) is 139 Å². The van der Waals surface area contributed by atoms with Crippen molar-refractivity contribution in [1.29, 1.82) is 0 Å². The average molecular weight is 1020 g/mol. The summed E-state index contributed by atoms with van der Waals surface area (Å²) >= 11 is 0. The topological polar surface area (TPSA) is 378 Å². The van der Waals surface area contributed by atoms with Gasteiger partial charge in [0.05, 0.1) is 19.2 Å². The van der Waals surface area contributed by atoms with Gasteiger partial charge in [0.2, 0.25) is 59.1 Å². The zero-order valence-electron chi connectivity index (χ0n) is 42.1.